The van der Waals surface area contributed by atoms with Gasteiger partial charge in [0.2, 0.25) is 0 Å². The fourth-order valence-corrected chi connectivity index (χ4v) is 5.78. The van der Waals surface area contributed by atoms with Gasteiger partial charge in [0, 0.05) is 15.8 Å². The minimum absolute atomic E-state index is 0.281. The molecule has 0 saturated carbocycles. The van der Waals surface area contributed by atoms with Crippen LogP contribution in [0.5, 0.6) is 5.75 Å². The van der Waals surface area contributed by atoms with Gasteiger partial charge in [-0.05, 0) is 62.9 Å². The Balaban J connectivity index is 1.56. The van der Waals surface area contributed by atoms with E-state index in [-0.39, 0.29) is 18.5 Å². The molecule has 1 N–H and O–H groups in total. The predicted molar refractivity (Wildman–Crippen MR) is 139 cm³/mol. The summed E-state index contributed by atoms with van der Waals surface area (Å²) < 4.78 is 11.0. The Morgan fingerprint density at radius 2 is 1.89 bits per heavy atom. The summed E-state index contributed by atoms with van der Waals surface area (Å²) in [6, 6.07) is 17.1. The molecule has 1 aliphatic rings. The van der Waals surface area contributed by atoms with Crippen LogP contribution in [0.2, 0.25) is 0 Å². The number of hydrogen-bond donors (Lipinski definition) is 1. The standard InChI is InChI=1S/C28H26N2O4S/c1-3-33-18-10-7-9-17(15-18)23-16-21(19-11-5-6-13-22(19)29-23)26(31)30-27-25(28(32)34-4-2)20-12-8-14-24(20)35-27/h5-7,9-11,13,15-16H,3-4,8,12,14H2,1-2H3,(H,30,31). The number of rotatable bonds is 7. The van der Waals surface area contributed by atoms with Crippen LogP contribution in [0, 0.1) is 0 Å². The van der Waals surface area contributed by atoms with E-state index < -0.39 is 0 Å². The van der Waals surface area contributed by atoms with Gasteiger partial charge in [-0.3, -0.25) is 4.79 Å². The van der Waals surface area contributed by atoms with Crippen LogP contribution in [0.3, 0.4) is 0 Å². The summed E-state index contributed by atoms with van der Waals surface area (Å²) in [4.78, 5) is 32.3. The smallest absolute Gasteiger partial charge is 0.341 e. The summed E-state index contributed by atoms with van der Waals surface area (Å²) >= 11 is 1.47. The van der Waals surface area contributed by atoms with Crippen molar-refractivity contribution in [3.8, 4) is 17.0 Å². The summed E-state index contributed by atoms with van der Waals surface area (Å²) in [5.41, 5.74) is 4.26. The van der Waals surface area contributed by atoms with E-state index in [1.54, 1.807) is 13.0 Å². The molecule has 0 spiro atoms. The SMILES string of the molecule is CCOC(=O)c1c(NC(=O)c2cc(-c3cccc(OCC)c3)nc3ccccc23)sc2c1CCC2. The number of pyridine rings is 1. The molecule has 0 aliphatic heterocycles. The number of hydrogen-bond acceptors (Lipinski definition) is 6. The van der Waals surface area contributed by atoms with Crippen molar-refractivity contribution < 1.29 is 19.1 Å². The lowest BCUT2D eigenvalue weighted by molar-refractivity contribution is 0.0527. The summed E-state index contributed by atoms with van der Waals surface area (Å²) in [7, 11) is 0. The van der Waals surface area contributed by atoms with E-state index in [2.05, 4.69) is 5.32 Å². The van der Waals surface area contributed by atoms with E-state index in [0.717, 1.165) is 51.9 Å². The molecule has 5 rings (SSSR count). The van der Waals surface area contributed by atoms with Gasteiger partial charge in [-0.25, -0.2) is 9.78 Å². The van der Waals surface area contributed by atoms with Gasteiger partial charge >= 0.3 is 5.97 Å². The highest BCUT2D eigenvalue weighted by Crippen LogP contribution is 2.40. The second-order valence-corrected chi connectivity index (χ2v) is 9.37. The lowest BCUT2D eigenvalue weighted by Crippen LogP contribution is -2.16. The minimum atomic E-state index is -0.379. The van der Waals surface area contributed by atoms with Crippen LogP contribution in [-0.2, 0) is 17.6 Å². The van der Waals surface area contributed by atoms with Crippen molar-refractivity contribution in [3.63, 3.8) is 0 Å². The Labute approximate surface area is 207 Å². The number of para-hydroxylation sites is 1. The first-order chi connectivity index (χ1) is 17.1. The number of esters is 1. The first-order valence-electron chi connectivity index (χ1n) is 11.8. The number of thiophene rings is 1. The molecule has 0 atom stereocenters. The van der Waals surface area contributed by atoms with Crippen LogP contribution in [0.25, 0.3) is 22.2 Å². The molecule has 4 aromatic rings. The Hall–Kier alpha value is -3.71. The number of anilines is 1. The van der Waals surface area contributed by atoms with Crippen LogP contribution in [0.1, 0.15) is 51.4 Å². The molecule has 2 heterocycles. The fourth-order valence-electron chi connectivity index (χ4n) is 4.51. The topological polar surface area (TPSA) is 77.5 Å². The van der Waals surface area contributed by atoms with Crippen LogP contribution in [-0.4, -0.2) is 30.1 Å². The van der Waals surface area contributed by atoms with Crippen molar-refractivity contribution in [1.82, 2.24) is 4.98 Å². The van der Waals surface area contributed by atoms with Crippen molar-refractivity contribution in [1.29, 1.82) is 0 Å². The van der Waals surface area contributed by atoms with Crippen LogP contribution < -0.4 is 10.1 Å². The molecule has 2 aromatic carbocycles. The first-order valence-corrected chi connectivity index (χ1v) is 12.7. The van der Waals surface area contributed by atoms with Crippen molar-refractivity contribution in [2.75, 3.05) is 18.5 Å². The largest absolute Gasteiger partial charge is 0.494 e. The molecule has 1 amide bonds. The number of carbonyl (C=O) groups is 2. The van der Waals surface area contributed by atoms with Crippen LogP contribution in [0.15, 0.2) is 54.6 Å². The predicted octanol–water partition coefficient (Wildman–Crippen LogP) is 6.28. The lowest BCUT2D eigenvalue weighted by atomic mass is 10.0. The average Bonchev–Trinajstić information content (AvgIpc) is 3.44. The quantitative estimate of drug-likeness (QED) is 0.311. The van der Waals surface area contributed by atoms with E-state index in [1.165, 1.54) is 11.3 Å². The molecular formula is C28H26N2O4S. The molecule has 1 aliphatic carbocycles. The number of fused-ring (bicyclic) bond motifs is 2. The molecule has 0 unspecified atom stereocenters. The molecule has 0 fully saturated rings. The van der Waals surface area contributed by atoms with Gasteiger partial charge in [-0.15, -0.1) is 11.3 Å². The molecule has 35 heavy (non-hydrogen) atoms. The molecule has 0 radical (unpaired) electrons. The van der Waals surface area contributed by atoms with Crippen LogP contribution >= 0.6 is 11.3 Å². The number of amides is 1. The minimum Gasteiger partial charge on any atom is -0.494 e. The lowest BCUT2D eigenvalue weighted by Gasteiger charge is -2.12. The molecule has 7 heteroatoms. The van der Waals surface area contributed by atoms with E-state index in [0.29, 0.717) is 28.4 Å². The maximum atomic E-state index is 13.6. The van der Waals surface area contributed by atoms with Crippen molar-refractivity contribution in [2.45, 2.75) is 33.1 Å². The van der Waals surface area contributed by atoms with Gasteiger partial charge < -0.3 is 14.8 Å². The molecular weight excluding hydrogens is 460 g/mol. The number of nitrogens with one attached hydrogen (secondary N) is 1. The Bertz CT molecular complexity index is 1430. The van der Waals surface area contributed by atoms with E-state index in [9.17, 15) is 9.59 Å². The maximum absolute atomic E-state index is 13.6. The highest BCUT2D eigenvalue weighted by molar-refractivity contribution is 7.17. The third kappa shape index (κ3) is 4.51. The van der Waals surface area contributed by atoms with Crippen molar-refractivity contribution in [2.24, 2.45) is 0 Å². The third-order valence-corrected chi connectivity index (χ3v) is 7.24. The number of carbonyl (C=O) groups excluding carboxylic acids is 2. The van der Waals surface area contributed by atoms with Gasteiger partial charge in [-0.1, -0.05) is 30.3 Å². The summed E-state index contributed by atoms with van der Waals surface area (Å²) in [5.74, 6) is 0.0876. The zero-order chi connectivity index (χ0) is 24.4. The Morgan fingerprint density at radius 1 is 1.03 bits per heavy atom. The number of aromatic nitrogens is 1. The summed E-state index contributed by atoms with van der Waals surface area (Å²) in [6.07, 6.45) is 2.76. The molecule has 0 saturated heterocycles. The number of ether oxygens (including phenoxy) is 2. The third-order valence-electron chi connectivity index (χ3n) is 6.03. The van der Waals surface area contributed by atoms with Gasteiger partial charge in [0.1, 0.15) is 10.8 Å². The van der Waals surface area contributed by atoms with Gasteiger partial charge in [0.15, 0.2) is 0 Å². The van der Waals surface area contributed by atoms with Gasteiger partial charge in [0.25, 0.3) is 5.91 Å². The zero-order valence-electron chi connectivity index (χ0n) is 19.7. The Kier molecular flexibility index (Phi) is 6.51. The maximum Gasteiger partial charge on any atom is 0.341 e. The summed E-state index contributed by atoms with van der Waals surface area (Å²) in [6.45, 7) is 4.58. The highest BCUT2D eigenvalue weighted by Gasteiger charge is 2.29. The monoisotopic (exact) mass is 486 g/mol. The zero-order valence-corrected chi connectivity index (χ0v) is 20.5. The van der Waals surface area contributed by atoms with Crippen molar-refractivity contribution in [3.05, 3.63) is 76.2 Å². The first kappa shape index (κ1) is 23.1. The fraction of sp³-hybridized carbons (Fsp3) is 0.250. The van der Waals surface area contributed by atoms with E-state index in [4.69, 9.17) is 14.5 Å². The van der Waals surface area contributed by atoms with Crippen molar-refractivity contribution >= 4 is 39.1 Å². The van der Waals surface area contributed by atoms with Crippen LogP contribution in [0.4, 0.5) is 5.00 Å². The second-order valence-electron chi connectivity index (χ2n) is 8.27. The highest BCUT2D eigenvalue weighted by atomic mass is 32.1. The van der Waals surface area contributed by atoms with E-state index >= 15 is 0 Å². The normalized spacial score (nSPS) is 12.4. The molecule has 6 nitrogen and oxygen atoms in total. The van der Waals surface area contributed by atoms with Gasteiger partial charge in [0.05, 0.1) is 35.6 Å². The second kappa shape index (κ2) is 9.88. The number of benzene rings is 2. The number of aryl methyl sites for hydroxylation is 1. The van der Waals surface area contributed by atoms with Gasteiger partial charge in [-0.2, -0.15) is 0 Å². The average molecular weight is 487 g/mol. The summed E-state index contributed by atoms with van der Waals surface area (Å²) in [5, 5.41) is 4.33. The molecule has 2 aromatic heterocycles. The number of nitrogens with zero attached hydrogens (tertiary/aromatic N) is 1. The molecule has 178 valence electrons. The Morgan fingerprint density at radius 3 is 2.71 bits per heavy atom. The van der Waals surface area contributed by atoms with E-state index in [1.807, 2.05) is 55.5 Å². The molecule has 0 bridgehead atoms.